The zero-order valence-corrected chi connectivity index (χ0v) is 14.7. The average Bonchev–Trinajstić information content (AvgIpc) is 2.60. The second kappa shape index (κ2) is 8.01. The molecule has 1 saturated heterocycles. The van der Waals surface area contributed by atoms with Gasteiger partial charge in [-0.2, -0.15) is 0 Å². The summed E-state index contributed by atoms with van der Waals surface area (Å²) in [5, 5.41) is 2.62. The highest BCUT2D eigenvalue weighted by Gasteiger charge is 2.28. The molecule has 0 saturated carbocycles. The van der Waals surface area contributed by atoms with Crippen LogP contribution in [-0.2, 0) is 9.59 Å². The van der Waals surface area contributed by atoms with Crippen LogP contribution >= 0.6 is 0 Å². The summed E-state index contributed by atoms with van der Waals surface area (Å²) in [5.41, 5.74) is 0.489. The standard InChI is InChI=1S/C17H25N3O4/c1-19-9-7-13(8-10-19)20(2)17(22)16(21)18-12-5-6-14(23-3)15(11-12)24-4/h5-6,11,13H,7-10H2,1-4H3,(H,18,21). The first-order valence-electron chi connectivity index (χ1n) is 7.95. The summed E-state index contributed by atoms with van der Waals surface area (Å²) in [7, 11) is 6.80. The van der Waals surface area contributed by atoms with Crippen molar-refractivity contribution < 1.29 is 19.1 Å². The van der Waals surface area contributed by atoms with Gasteiger partial charge in [-0.3, -0.25) is 9.59 Å². The first-order valence-corrected chi connectivity index (χ1v) is 7.95. The third-order valence-corrected chi connectivity index (χ3v) is 4.39. The lowest BCUT2D eigenvalue weighted by atomic mass is 10.0. The summed E-state index contributed by atoms with van der Waals surface area (Å²) in [6.45, 7) is 1.86. The van der Waals surface area contributed by atoms with E-state index in [1.165, 1.54) is 14.2 Å². The van der Waals surface area contributed by atoms with E-state index in [1.807, 2.05) is 0 Å². The quantitative estimate of drug-likeness (QED) is 0.837. The molecule has 0 unspecified atom stereocenters. The molecule has 1 fully saturated rings. The van der Waals surface area contributed by atoms with Gasteiger partial charge in [0, 0.05) is 24.8 Å². The molecule has 1 N–H and O–H groups in total. The molecule has 7 heteroatoms. The fourth-order valence-corrected chi connectivity index (χ4v) is 2.81. The maximum absolute atomic E-state index is 12.4. The number of likely N-dealkylation sites (N-methyl/N-ethyl adjacent to an activating group) is 1. The van der Waals surface area contributed by atoms with Gasteiger partial charge in [0.1, 0.15) is 0 Å². The van der Waals surface area contributed by atoms with Gasteiger partial charge < -0.3 is 24.6 Å². The molecule has 0 aromatic heterocycles. The maximum Gasteiger partial charge on any atom is 0.313 e. The van der Waals surface area contributed by atoms with Crippen LogP contribution in [0.5, 0.6) is 11.5 Å². The van der Waals surface area contributed by atoms with Crippen molar-refractivity contribution >= 4 is 17.5 Å². The first kappa shape index (κ1) is 18.1. The number of rotatable bonds is 4. The van der Waals surface area contributed by atoms with E-state index >= 15 is 0 Å². The molecule has 0 atom stereocenters. The van der Waals surface area contributed by atoms with E-state index in [0.29, 0.717) is 17.2 Å². The Morgan fingerprint density at radius 3 is 2.38 bits per heavy atom. The fraction of sp³-hybridized carbons (Fsp3) is 0.529. The van der Waals surface area contributed by atoms with Crippen LogP contribution in [0.15, 0.2) is 18.2 Å². The molecule has 24 heavy (non-hydrogen) atoms. The van der Waals surface area contributed by atoms with E-state index in [2.05, 4.69) is 17.3 Å². The molecule has 7 nitrogen and oxygen atoms in total. The molecule has 0 aliphatic carbocycles. The Kier molecular flexibility index (Phi) is 6.03. The van der Waals surface area contributed by atoms with Crippen molar-refractivity contribution in [2.45, 2.75) is 18.9 Å². The highest BCUT2D eigenvalue weighted by Crippen LogP contribution is 2.29. The van der Waals surface area contributed by atoms with E-state index in [4.69, 9.17) is 9.47 Å². The third kappa shape index (κ3) is 4.17. The highest BCUT2D eigenvalue weighted by atomic mass is 16.5. The van der Waals surface area contributed by atoms with Crippen LogP contribution in [-0.4, -0.2) is 69.1 Å². The predicted molar refractivity (Wildman–Crippen MR) is 91.5 cm³/mol. The average molecular weight is 335 g/mol. The molecule has 0 spiro atoms. The summed E-state index contributed by atoms with van der Waals surface area (Å²) in [6.07, 6.45) is 1.75. The van der Waals surface area contributed by atoms with Crippen molar-refractivity contribution in [2.24, 2.45) is 0 Å². The van der Waals surface area contributed by atoms with E-state index < -0.39 is 11.8 Å². The minimum atomic E-state index is -0.649. The molecule has 1 aromatic rings. The van der Waals surface area contributed by atoms with E-state index in [1.54, 1.807) is 30.1 Å². The number of amides is 2. The molecular weight excluding hydrogens is 310 g/mol. The van der Waals surface area contributed by atoms with Gasteiger partial charge in [0.2, 0.25) is 0 Å². The lowest BCUT2D eigenvalue weighted by Gasteiger charge is -2.34. The second-order valence-corrected chi connectivity index (χ2v) is 5.97. The molecule has 1 aromatic carbocycles. The number of piperidine rings is 1. The predicted octanol–water partition coefficient (Wildman–Crippen LogP) is 1.19. The summed E-state index contributed by atoms with van der Waals surface area (Å²) >= 11 is 0. The van der Waals surface area contributed by atoms with Crippen molar-refractivity contribution in [3.05, 3.63) is 18.2 Å². The molecule has 0 radical (unpaired) electrons. The number of nitrogens with zero attached hydrogens (tertiary/aromatic N) is 2. The van der Waals surface area contributed by atoms with Crippen LogP contribution in [0.4, 0.5) is 5.69 Å². The maximum atomic E-state index is 12.4. The number of likely N-dealkylation sites (tertiary alicyclic amines) is 1. The van der Waals surface area contributed by atoms with Crippen LogP contribution in [0, 0.1) is 0 Å². The number of anilines is 1. The molecule has 0 bridgehead atoms. The number of carbonyl (C=O) groups excluding carboxylic acids is 2. The Hall–Kier alpha value is -2.28. The van der Waals surface area contributed by atoms with Crippen LogP contribution in [0.1, 0.15) is 12.8 Å². The summed E-state index contributed by atoms with van der Waals surface area (Å²) in [5.74, 6) is -0.125. The van der Waals surface area contributed by atoms with Gasteiger partial charge in [-0.1, -0.05) is 0 Å². The van der Waals surface area contributed by atoms with Crippen molar-refractivity contribution in [1.29, 1.82) is 0 Å². The molecular formula is C17H25N3O4. The first-order chi connectivity index (χ1) is 11.5. The monoisotopic (exact) mass is 335 g/mol. The molecule has 132 valence electrons. The number of benzene rings is 1. The Morgan fingerprint density at radius 1 is 1.17 bits per heavy atom. The Morgan fingerprint density at radius 2 is 1.79 bits per heavy atom. The summed E-state index contributed by atoms with van der Waals surface area (Å²) in [6, 6.07) is 5.08. The van der Waals surface area contributed by atoms with Gasteiger partial charge in [-0.15, -0.1) is 0 Å². The van der Waals surface area contributed by atoms with Gasteiger partial charge in [-0.05, 0) is 45.1 Å². The Balaban J connectivity index is 1.99. The van der Waals surface area contributed by atoms with E-state index in [9.17, 15) is 9.59 Å². The van der Waals surface area contributed by atoms with Crippen molar-refractivity contribution in [3.63, 3.8) is 0 Å². The molecule has 1 aliphatic heterocycles. The van der Waals surface area contributed by atoms with Crippen LogP contribution in [0.2, 0.25) is 0 Å². The zero-order chi connectivity index (χ0) is 17.7. The van der Waals surface area contributed by atoms with Crippen LogP contribution in [0.3, 0.4) is 0 Å². The topological polar surface area (TPSA) is 71.1 Å². The highest BCUT2D eigenvalue weighted by molar-refractivity contribution is 6.39. The number of carbonyl (C=O) groups is 2. The van der Waals surface area contributed by atoms with E-state index in [0.717, 1.165) is 25.9 Å². The van der Waals surface area contributed by atoms with Gasteiger partial charge in [0.05, 0.1) is 14.2 Å². The number of methoxy groups -OCH3 is 2. The smallest absolute Gasteiger partial charge is 0.313 e. The summed E-state index contributed by atoms with van der Waals surface area (Å²) in [4.78, 5) is 28.3. The number of hydrogen-bond donors (Lipinski definition) is 1. The fourth-order valence-electron chi connectivity index (χ4n) is 2.81. The minimum absolute atomic E-state index is 0.102. The lowest BCUT2D eigenvalue weighted by molar-refractivity contribution is -0.144. The largest absolute Gasteiger partial charge is 0.493 e. The second-order valence-electron chi connectivity index (χ2n) is 5.97. The van der Waals surface area contributed by atoms with Crippen molar-refractivity contribution in [3.8, 4) is 11.5 Å². The number of nitrogens with one attached hydrogen (secondary N) is 1. The Labute approximate surface area is 142 Å². The molecule has 2 amide bonds. The zero-order valence-electron chi connectivity index (χ0n) is 14.7. The SMILES string of the molecule is COc1ccc(NC(=O)C(=O)N(C)C2CCN(C)CC2)cc1OC. The normalized spacial score (nSPS) is 15.7. The van der Waals surface area contributed by atoms with Crippen LogP contribution in [0.25, 0.3) is 0 Å². The van der Waals surface area contributed by atoms with Gasteiger partial charge in [0.25, 0.3) is 0 Å². The van der Waals surface area contributed by atoms with Crippen molar-refractivity contribution in [1.82, 2.24) is 9.80 Å². The molecule has 1 aliphatic rings. The third-order valence-electron chi connectivity index (χ3n) is 4.39. The van der Waals surface area contributed by atoms with Gasteiger partial charge in [0.15, 0.2) is 11.5 Å². The molecule has 2 rings (SSSR count). The van der Waals surface area contributed by atoms with Gasteiger partial charge in [-0.25, -0.2) is 0 Å². The van der Waals surface area contributed by atoms with Gasteiger partial charge >= 0.3 is 11.8 Å². The van der Waals surface area contributed by atoms with Crippen LogP contribution < -0.4 is 14.8 Å². The lowest BCUT2D eigenvalue weighted by Crippen LogP contribution is -2.47. The number of ether oxygens (including phenoxy) is 2. The van der Waals surface area contributed by atoms with Crippen molar-refractivity contribution in [2.75, 3.05) is 46.7 Å². The Bertz CT molecular complexity index is 597. The molecule has 1 heterocycles. The number of hydrogen-bond acceptors (Lipinski definition) is 5. The van der Waals surface area contributed by atoms with E-state index in [-0.39, 0.29) is 6.04 Å². The minimum Gasteiger partial charge on any atom is -0.493 e. The summed E-state index contributed by atoms with van der Waals surface area (Å²) < 4.78 is 10.3.